The number of ketones is 1. The molecule has 1 aromatic carbocycles. The van der Waals surface area contributed by atoms with Crippen LogP contribution in [0.4, 0.5) is 0 Å². The van der Waals surface area contributed by atoms with E-state index in [9.17, 15) is 14.3 Å². The fourth-order valence-electron chi connectivity index (χ4n) is 1.79. The van der Waals surface area contributed by atoms with Gasteiger partial charge >= 0.3 is 0 Å². The minimum Gasteiger partial charge on any atom is -0.343 e. The van der Waals surface area contributed by atoms with Crippen LogP contribution >= 0.6 is 8.03 Å². The van der Waals surface area contributed by atoms with E-state index in [1.165, 1.54) is 6.92 Å². The Labute approximate surface area is 96.4 Å². The van der Waals surface area contributed by atoms with Crippen LogP contribution in [0.25, 0.3) is 0 Å². The van der Waals surface area contributed by atoms with Crippen molar-refractivity contribution in [2.75, 3.05) is 0 Å². The van der Waals surface area contributed by atoms with Crippen LogP contribution in [0.2, 0.25) is 0 Å². The van der Waals surface area contributed by atoms with Crippen molar-refractivity contribution in [2.45, 2.75) is 33.1 Å². The molecule has 1 N–H and O–H groups in total. The van der Waals surface area contributed by atoms with Gasteiger partial charge in [0.1, 0.15) is 5.78 Å². The maximum atomic E-state index is 11.3. The third-order valence-electron chi connectivity index (χ3n) is 2.49. The normalized spacial score (nSPS) is 12.8. The van der Waals surface area contributed by atoms with Crippen LogP contribution in [0, 0.1) is 0 Å². The molecular weight excluding hydrogens is 223 g/mol. The molecule has 0 saturated carbocycles. The van der Waals surface area contributed by atoms with Crippen molar-refractivity contribution in [3.8, 4) is 0 Å². The van der Waals surface area contributed by atoms with Crippen LogP contribution in [0.3, 0.4) is 0 Å². The molecule has 0 aliphatic rings. The average molecular weight is 240 g/mol. The van der Waals surface area contributed by atoms with E-state index in [-0.39, 0.29) is 18.1 Å². The van der Waals surface area contributed by atoms with Crippen LogP contribution in [0.5, 0.6) is 0 Å². The van der Waals surface area contributed by atoms with Gasteiger partial charge in [0.25, 0.3) is 0 Å². The Morgan fingerprint density at radius 1 is 1.44 bits per heavy atom. The predicted octanol–water partition coefficient (Wildman–Crippen LogP) is 2.03. The zero-order valence-corrected chi connectivity index (χ0v) is 10.8. The lowest BCUT2D eigenvalue weighted by molar-refractivity contribution is -0.116. The van der Waals surface area contributed by atoms with E-state index in [1.807, 2.05) is 19.9 Å². The van der Waals surface area contributed by atoms with Crippen LogP contribution < -0.4 is 5.30 Å². The summed E-state index contributed by atoms with van der Waals surface area (Å²) in [5.74, 6) is 0.258. The van der Waals surface area contributed by atoms with Crippen molar-refractivity contribution >= 4 is 19.1 Å². The molecule has 3 nitrogen and oxygen atoms in total. The highest BCUT2D eigenvalue weighted by molar-refractivity contribution is 7.47. The standard InChI is InChI=1S/C12H17O3P/c1-8(2)10-5-4-6-12(16(14)15)11(10)7-9(3)13/h4-6,8,16H,7H2,1-3H3,(H,14,15). The lowest BCUT2D eigenvalue weighted by atomic mass is 9.94. The van der Waals surface area contributed by atoms with E-state index in [4.69, 9.17) is 0 Å². The summed E-state index contributed by atoms with van der Waals surface area (Å²) in [6.45, 7) is 5.52. The first-order chi connectivity index (χ1) is 7.43. The molecule has 88 valence electrons. The summed E-state index contributed by atoms with van der Waals surface area (Å²) in [5.41, 5.74) is 1.72. The largest absolute Gasteiger partial charge is 0.343 e. The minimum absolute atomic E-state index is 0.0117. The number of carbonyl (C=O) groups excluding carboxylic acids is 1. The van der Waals surface area contributed by atoms with Gasteiger partial charge < -0.3 is 4.89 Å². The van der Waals surface area contributed by atoms with Crippen molar-refractivity contribution in [1.82, 2.24) is 0 Å². The van der Waals surface area contributed by atoms with E-state index in [0.29, 0.717) is 5.30 Å². The van der Waals surface area contributed by atoms with E-state index < -0.39 is 8.03 Å². The Morgan fingerprint density at radius 2 is 2.06 bits per heavy atom. The molecule has 0 aliphatic carbocycles. The molecule has 0 radical (unpaired) electrons. The number of benzene rings is 1. The van der Waals surface area contributed by atoms with Crippen LogP contribution in [-0.4, -0.2) is 10.7 Å². The van der Waals surface area contributed by atoms with E-state index in [0.717, 1.165) is 11.1 Å². The fraction of sp³-hybridized carbons (Fsp3) is 0.417. The quantitative estimate of drug-likeness (QED) is 0.819. The van der Waals surface area contributed by atoms with Crippen molar-refractivity contribution in [2.24, 2.45) is 0 Å². The Balaban J connectivity index is 3.34. The minimum atomic E-state index is -2.74. The molecule has 0 aromatic heterocycles. The first-order valence-corrected chi connectivity index (χ1v) is 6.63. The number of hydrogen-bond acceptors (Lipinski definition) is 2. The van der Waals surface area contributed by atoms with Gasteiger partial charge in [-0.25, -0.2) is 0 Å². The molecule has 0 bridgehead atoms. The molecule has 0 fully saturated rings. The average Bonchev–Trinajstić information content (AvgIpc) is 2.16. The molecule has 1 aromatic rings. The molecule has 0 saturated heterocycles. The SMILES string of the molecule is CC(=O)Cc1c(C(C)C)cccc1[PH](=O)O. The van der Waals surface area contributed by atoms with Gasteiger partial charge in [0, 0.05) is 11.7 Å². The number of rotatable bonds is 4. The fourth-order valence-corrected chi connectivity index (χ4v) is 2.52. The molecule has 0 spiro atoms. The second kappa shape index (κ2) is 5.42. The summed E-state index contributed by atoms with van der Waals surface area (Å²) in [6, 6.07) is 5.32. The maximum absolute atomic E-state index is 11.3. The smallest absolute Gasteiger partial charge is 0.218 e. The van der Waals surface area contributed by atoms with Crippen LogP contribution in [-0.2, 0) is 15.8 Å². The molecule has 1 rings (SSSR count). The van der Waals surface area contributed by atoms with Crippen molar-refractivity contribution < 1.29 is 14.3 Å². The molecule has 0 heterocycles. The Hall–Kier alpha value is -0.920. The van der Waals surface area contributed by atoms with Gasteiger partial charge in [-0.1, -0.05) is 26.0 Å². The molecular formula is C12H17O3P. The van der Waals surface area contributed by atoms with E-state index in [1.54, 1.807) is 12.1 Å². The number of hydrogen-bond donors (Lipinski definition) is 1. The number of Topliss-reactive ketones (excluding diaryl/α,β-unsaturated/α-hetero) is 1. The van der Waals surface area contributed by atoms with Gasteiger partial charge in [-0.05, 0) is 30.0 Å². The summed E-state index contributed by atoms with van der Waals surface area (Å²) in [6.07, 6.45) is 0.237. The third kappa shape index (κ3) is 3.03. The summed E-state index contributed by atoms with van der Waals surface area (Å²) in [4.78, 5) is 20.4. The monoisotopic (exact) mass is 240 g/mol. The second-order valence-electron chi connectivity index (χ2n) is 4.21. The Kier molecular flexibility index (Phi) is 4.45. The van der Waals surface area contributed by atoms with Crippen molar-refractivity contribution in [3.05, 3.63) is 29.3 Å². The van der Waals surface area contributed by atoms with Gasteiger partial charge in [-0.3, -0.25) is 9.36 Å². The van der Waals surface area contributed by atoms with E-state index in [2.05, 4.69) is 0 Å². The lowest BCUT2D eigenvalue weighted by Crippen LogP contribution is -2.13. The molecule has 16 heavy (non-hydrogen) atoms. The second-order valence-corrected chi connectivity index (χ2v) is 5.36. The van der Waals surface area contributed by atoms with Crippen molar-refractivity contribution in [1.29, 1.82) is 0 Å². The zero-order valence-electron chi connectivity index (χ0n) is 9.78. The van der Waals surface area contributed by atoms with Gasteiger partial charge in [0.2, 0.25) is 8.03 Å². The van der Waals surface area contributed by atoms with E-state index >= 15 is 0 Å². The highest BCUT2D eigenvalue weighted by Crippen LogP contribution is 2.24. The van der Waals surface area contributed by atoms with Crippen LogP contribution in [0.1, 0.15) is 37.8 Å². The maximum Gasteiger partial charge on any atom is 0.218 e. The molecule has 1 unspecified atom stereocenters. The molecule has 0 aliphatic heterocycles. The molecule has 0 amide bonds. The van der Waals surface area contributed by atoms with Gasteiger partial charge in [0.05, 0.1) is 0 Å². The summed E-state index contributed by atoms with van der Waals surface area (Å²) >= 11 is 0. The summed E-state index contributed by atoms with van der Waals surface area (Å²) < 4.78 is 11.3. The summed E-state index contributed by atoms with van der Waals surface area (Å²) in [5, 5.41) is 0.423. The first-order valence-electron chi connectivity index (χ1n) is 5.28. The van der Waals surface area contributed by atoms with Crippen molar-refractivity contribution in [3.63, 3.8) is 0 Å². The Morgan fingerprint density at radius 3 is 2.50 bits per heavy atom. The third-order valence-corrected chi connectivity index (χ3v) is 3.42. The topological polar surface area (TPSA) is 54.4 Å². The zero-order chi connectivity index (χ0) is 12.3. The lowest BCUT2D eigenvalue weighted by Gasteiger charge is -2.14. The number of carbonyl (C=O) groups is 1. The molecule has 4 heteroatoms. The highest BCUT2D eigenvalue weighted by atomic mass is 31.1. The van der Waals surface area contributed by atoms with Gasteiger partial charge in [-0.2, -0.15) is 0 Å². The first kappa shape index (κ1) is 13.1. The summed E-state index contributed by atoms with van der Waals surface area (Å²) in [7, 11) is -2.74. The Bertz CT molecular complexity index is 424. The van der Waals surface area contributed by atoms with Crippen LogP contribution in [0.15, 0.2) is 18.2 Å². The highest BCUT2D eigenvalue weighted by Gasteiger charge is 2.15. The van der Waals surface area contributed by atoms with Gasteiger partial charge in [-0.15, -0.1) is 0 Å². The predicted molar refractivity (Wildman–Crippen MR) is 65.8 cm³/mol. The molecule has 1 atom stereocenters. The van der Waals surface area contributed by atoms with Gasteiger partial charge in [0.15, 0.2) is 0 Å².